The number of hydrazine groups is 1. The van der Waals surface area contributed by atoms with Crippen molar-refractivity contribution in [2.45, 2.75) is 6.92 Å². The van der Waals surface area contributed by atoms with Crippen molar-refractivity contribution in [3.05, 3.63) is 50.6 Å². The van der Waals surface area contributed by atoms with Crippen LogP contribution in [0.1, 0.15) is 27.0 Å². The predicted molar refractivity (Wildman–Crippen MR) is 100 cm³/mol. The second-order valence-electron chi connectivity index (χ2n) is 4.41. The molecule has 1 aromatic heterocycles. The summed E-state index contributed by atoms with van der Waals surface area (Å²) in [5.41, 5.74) is 5.24. The van der Waals surface area contributed by atoms with E-state index < -0.39 is 5.91 Å². The van der Waals surface area contributed by atoms with Crippen molar-refractivity contribution in [2.75, 3.05) is 6.61 Å². The van der Waals surface area contributed by atoms with Gasteiger partial charge in [-0.15, -0.1) is 11.3 Å². The van der Waals surface area contributed by atoms with Gasteiger partial charge in [-0.05, 0) is 48.8 Å². The molecule has 126 valence electrons. The fourth-order valence-corrected chi connectivity index (χ4v) is 2.87. The summed E-state index contributed by atoms with van der Waals surface area (Å²) < 4.78 is 6.17. The molecule has 0 bridgehead atoms. The van der Waals surface area contributed by atoms with Crippen LogP contribution in [0.4, 0.5) is 0 Å². The first-order chi connectivity index (χ1) is 11.5. The van der Waals surface area contributed by atoms with Crippen molar-refractivity contribution in [3.8, 4) is 5.75 Å². The van der Waals surface area contributed by atoms with Crippen LogP contribution in [0.15, 0.2) is 40.2 Å². The maximum absolute atomic E-state index is 12.3. The lowest BCUT2D eigenvalue weighted by Crippen LogP contribution is -2.48. The van der Waals surface area contributed by atoms with Crippen LogP contribution in [0.5, 0.6) is 5.75 Å². The number of thiophene rings is 1. The van der Waals surface area contributed by atoms with E-state index in [1.54, 1.807) is 35.7 Å². The number of carbonyl (C=O) groups excluding carboxylic acids is 2. The Balaban J connectivity index is 1.95. The van der Waals surface area contributed by atoms with Gasteiger partial charge in [0.15, 0.2) is 5.11 Å². The number of halogens is 1. The van der Waals surface area contributed by atoms with E-state index in [9.17, 15) is 9.59 Å². The third-order valence-corrected chi connectivity index (χ3v) is 4.31. The molecule has 0 saturated carbocycles. The molecule has 24 heavy (non-hydrogen) atoms. The Morgan fingerprint density at radius 2 is 2.04 bits per heavy atom. The van der Waals surface area contributed by atoms with Crippen LogP contribution >= 0.6 is 39.5 Å². The fraction of sp³-hybridized carbons (Fsp3) is 0.133. The predicted octanol–water partition coefficient (Wildman–Crippen LogP) is 2.86. The monoisotopic (exact) mass is 427 g/mol. The van der Waals surface area contributed by atoms with Crippen molar-refractivity contribution in [2.24, 2.45) is 0 Å². The van der Waals surface area contributed by atoms with Gasteiger partial charge >= 0.3 is 0 Å². The highest BCUT2D eigenvalue weighted by Gasteiger charge is 2.15. The van der Waals surface area contributed by atoms with E-state index >= 15 is 0 Å². The van der Waals surface area contributed by atoms with Crippen molar-refractivity contribution in [3.63, 3.8) is 0 Å². The molecule has 6 nitrogen and oxygen atoms in total. The summed E-state index contributed by atoms with van der Waals surface area (Å²) in [7, 11) is 0. The van der Waals surface area contributed by atoms with Gasteiger partial charge in [0, 0.05) is 4.47 Å². The van der Waals surface area contributed by atoms with Crippen LogP contribution in [0, 0.1) is 0 Å². The zero-order valence-electron chi connectivity index (χ0n) is 12.6. The van der Waals surface area contributed by atoms with E-state index in [-0.39, 0.29) is 11.0 Å². The number of amides is 2. The second-order valence-corrected chi connectivity index (χ2v) is 6.68. The largest absolute Gasteiger partial charge is 0.493 e. The average molecular weight is 428 g/mol. The molecular formula is C15H14BrN3O3S2. The first-order valence-corrected chi connectivity index (χ1v) is 8.97. The normalized spacial score (nSPS) is 9.92. The van der Waals surface area contributed by atoms with E-state index in [4.69, 9.17) is 17.0 Å². The minimum Gasteiger partial charge on any atom is -0.493 e. The van der Waals surface area contributed by atoms with E-state index in [0.717, 1.165) is 4.47 Å². The van der Waals surface area contributed by atoms with Gasteiger partial charge in [-0.3, -0.25) is 25.8 Å². The quantitative estimate of drug-likeness (QED) is 0.516. The molecule has 0 aliphatic carbocycles. The van der Waals surface area contributed by atoms with Gasteiger partial charge in [0.2, 0.25) is 0 Å². The summed E-state index contributed by atoms with van der Waals surface area (Å²) in [6.45, 7) is 2.26. The van der Waals surface area contributed by atoms with Gasteiger partial charge in [-0.2, -0.15) is 0 Å². The van der Waals surface area contributed by atoms with Crippen LogP contribution in [0.3, 0.4) is 0 Å². The number of hydrogen-bond acceptors (Lipinski definition) is 5. The summed E-state index contributed by atoms with van der Waals surface area (Å²) in [6.07, 6.45) is 0. The maximum Gasteiger partial charge on any atom is 0.279 e. The summed E-state index contributed by atoms with van der Waals surface area (Å²) in [5.74, 6) is -0.328. The van der Waals surface area contributed by atoms with Gasteiger partial charge in [0.25, 0.3) is 11.8 Å². The fourth-order valence-electron chi connectivity index (χ4n) is 1.75. The SMILES string of the molecule is CCOc1ccc(Br)cc1C(=O)NC(=S)NNC(=O)c1cccs1. The average Bonchev–Trinajstić information content (AvgIpc) is 3.09. The van der Waals surface area contributed by atoms with Gasteiger partial charge < -0.3 is 4.74 Å². The number of hydrogen-bond donors (Lipinski definition) is 3. The summed E-state index contributed by atoms with van der Waals surface area (Å²) in [5, 5.41) is 4.26. The third kappa shape index (κ3) is 5.02. The first-order valence-electron chi connectivity index (χ1n) is 6.88. The molecule has 0 atom stereocenters. The molecule has 2 aromatic rings. The maximum atomic E-state index is 12.3. The molecule has 3 N–H and O–H groups in total. The van der Waals surface area contributed by atoms with Crippen LogP contribution in [-0.4, -0.2) is 23.5 Å². The highest BCUT2D eigenvalue weighted by atomic mass is 79.9. The Bertz CT molecular complexity index is 750. The lowest BCUT2D eigenvalue weighted by atomic mass is 10.2. The number of thiocarbonyl (C=S) groups is 1. The topological polar surface area (TPSA) is 79.5 Å². The van der Waals surface area contributed by atoms with Crippen LogP contribution in [-0.2, 0) is 0 Å². The van der Waals surface area contributed by atoms with E-state index in [0.29, 0.717) is 22.8 Å². The first kappa shape index (κ1) is 18.4. The molecule has 0 fully saturated rings. The standard InChI is InChI=1S/C15H14BrN3O3S2/c1-2-22-11-6-5-9(16)8-10(11)13(20)17-15(23)19-18-14(21)12-4-3-7-24-12/h3-8H,2H2,1H3,(H,18,21)(H2,17,19,20,23). The number of benzene rings is 1. The minimum atomic E-state index is -0.442. The van der Waals surface area contributed by atoms with Crippen LogP contribution in [0.2, 0.25) is 0 Å². The molecular weight excluding hydrogens is 414 g/mol. The number of nitrogens with one attached hydrogen (secondary N) is 3. The lowest BCUT2D eigenvalue weighted by Gasteiger charge is -2.13. The van der Waals surface area contributed by atoms with Gasteiger partial charge in [-0.25, -0.2) is 0 Å². The number of carbonyl (C=O) groups is 2. The lowest BCUT2D eigenvalue weighted by molar-refractivity contribution is 0.0937. The molecule has 0 unspecified atom stereocenters. The molecule has 0 aliphatic heterocycles. The minimum absolute atomic E-state index is 0.0210. The Kier molecular flexibility index (Phi) is 6.71. The molecule has 1 aromatic carbocycles. The summed E-state index contributed by atoms with van der Waals surface area (Å²) >= 11 is 9.62. The molecule has 2 rings (SSSR count). The Morgan fingerprint density at radius 3 is 2.71 bits per heavy atom. The van der Waals surface area contributed by atoms with Crippen molar-refractivity contribution < 1.29 is 14.3 Å². The van der Waals surface area contributed by atoms with Crippen molar-refractivity contribution in [1.82, 2.24) is 16.2 Å². The summed E-state index contributed by atoms with van der Waals surface area (Å²) in [6, 6.07) is 8.55. The molecule has 0 saturated heterocycles. The van der Waals surface area contributed by atoms with Crippen LogP contribution < -0.4 is 20.9 Å². The molecule has 0 spiro atoms. The molecule has 0 aliphatic rings. The van der Waals surface area contributed by atoms with E-state index in [1.165, 1.54) is 11.3 Å². The van der Waals surface area contributed by atoms with Crippen molar-refractivity contribution in [1.29, 1.82) is 0 Å². The molecule has 9 heteroatoms. The molecule has 1 heterocycles. The Morgan fingerprint density at radius 1 is 1.25 bits per heavy atom. The van der Waals surface area contributed by atoms with Gasteiger partial charge in [0.05, 0.1) is 17.0 Å². The third-order valence-electron chi connectivity index (χ3n) is 2.75. The summed E-state index contributed by atoms with van der Waals surface area (Å²) in [4.78, 5) is 24.6. The number of rotatable bonds is 4. The molecule has 2 amide bonds. The highest BCUT2D eigenvalue weighted by Crippen LogP contribution is 2.23. The highest BCUT2D eigenvalue weighted by molar-refractivity contribution is 9.10. The Hall–Kier alpha value is -1.97. The van der Waals surface area contributed by atoms with E-state index in [2.05, 4.69) is 32.1 Å². The van der Waals surface area contributed by atoms with Crippen molar-refractivity contribution >= 4 is 56.4 Å². The van der Waals surface area contributed by atoms with Gasteiger partial charge in [-0.1, -0.05) is 22.0 Å². The zero-order valence-corrected chi connectivity index (χ0v) is 15.8. The van der Waals surface area contributed by atoms with E-state index in [1.807, 2.05) is 6.92 Å². The molecule has 0 radical (unpaired) electrons. The zero-order chi connectivity index (χ0) is 17.5. The van der Waals surface area contributed by atoms with Crippen LogP contribution in [0.25, 0.3) is 0 Å². The second kappa shape index (κ2) is 8.76. The van der Waals surface area contributed by atoms with Gasteiger partial charge in [0.1, 0.15) is 5.75 Å². The smallest absolute Gasteiger partial charge is 0.279 e. The Labute approximate surface area is 156 Å². The number of ether oxygens (including phenoxy) is 1.